The largest absolute Gasteiger partial charge is 0.465 e. The van der Waals surface area contributed by atoms with Crippen LogP contribution in [0.1, 0.15) is 13.8 Å². The summed E-state index contributed by atoms with van der Waals surface area (Å²) in [6.07, 6.45) is 0. The molecule has 1 aromatic carbocycles. The van der Waals surface area contributed by atoms with E-state index in [-0.39, 0.29) is 12.5 Å². The lowest BCUT2D eigenvalue weighted by atomic mass is 10.1. The van der Waals surface area contributed by atoms with Gasteiger partial charge in [0.25, 0.3) is 5.56 Å². The number of rotatable bonds is 4. The zero-order valence-electron chi connectivity index (χ0n) is 17.0. The maximum Gasteiger partial charge on any atom is 0.333 e. The third-order valence-corrected chi connectivity index (χ3v) is 5.70. The molecule has 158 valence electrons. The van der Waals surface area contributed by atoms with Crippen molar-refractivity contribution in [1.29, 1.82) is 0 Å². The van der Waals surface area contributed by atoms with E-state index in [0.29, 0.717) is 23.7 Å². The molecule has 1 unspecified atom stereocenters. The molecule has 0 amide bonds. The molecule has 0 N–H and O–H groups in total. The van der Waals surface area contributed by atoms with Gasteiger partial charge < -0.3 is 14.2 Å². The summed E-state index contributed by atoms with van der Waals surface area (Å²) in [5.41, 5.74) is 0.420. The number of carbonyl (C=O) groups is 1. The van der Waals surface area contributed by atoms with Crippen molar-refractivity contribution in [3.8, 4) is 0 Å². The zero-order chi connectivity index (χ0) is 21.6. The molecule has 30 heavy (non-hydrogen) atoms. The van der Waals surface area contributed by atoms with Gasteiger partial charge in [0.05, 0.1) is 6.61 Å². The molecule has 3 heterocycles. The van der Waals surface area contributed by atoms with Crippen LogP contribution in [0.2, 0.25) is 0 Å². The summed E-state index contributed by atoms with van der Waals surface area (Å²) in [7, 11) is 1.55. The average molecular weight is 476 g/mol. The van der Waals surface area contributed by atoms with Gasteiger partial charge >= 0.3 is 11.7 Å². The Morgan fingerprint density at radius 2 is 1.93 bits per heavy atom. The van der Waals surface area contributed by atoms with Crippen molar-refractivity contribution in [3.05, 3.63) is 49.6 Å². The molecule has 1 atom stereocenters. The summed E-state index contributed by atoms with van der Waals surface area (Å²) in [5, 5.41) is 0. The van der Waals surface area contributed by atoms with Gasteiger partial charge in [-0.3, -0.25) is 14.2 Å². The summed E-state index contributed by atoms with van der Waals surface area (Å²) in [5.74, 6) is 0.222. The van der Waals surface area contributed by atoms with Gasteiger partial charge in [0, 0.05) is 30.3 Å². The Morgan fingerprint density at radius 3 is 2.60 bits per heavy atom. The first kappa shape index (κ1) is 20.4. The summed E-state index contributed by atoms with van der Waals surface area (Å²) in [6, 6.07) is 7.85. The molecule has 10 heteroatoms. The fraction of sp³-hybridized carbons (Fsp3) is 0.400. The molecular formula is C20H22BrN5O4. The Kier molecular flexibility index (Phi) is 5.27. The van der Waals surface area contributed by atoms with E-state index < -0.39 is 23.8 Å². The second kappa shape index (κ2) is 7.75. The summed E-state index contributed by atoms with van der Waals surface area (Å²) in [6.45, 7) is 4.84. The summed E-state index contributed by atoms with van der Waals surface area (Å²) < 4.78 is 9.96. The fourth-order valence-electron chi connectivity index (χ4n) is 3.82. The van der Waals surface area contributed by atoms with E-state index in [1.54, 1.807) is 14.0 Å². The molecule has 0 fully saturated rings. The highest BCUT2D eigenvalue weighted by atomic mass is 79.9. The standard InChI is InChI=1S/C20H22BrN5O4/c1-4-30-15(27)11-26-18(28)16-17(23(3)20(26)29)22-19-24(9-12(2)10-25(16)19)14-7-5-13(21)6-8-14/h5-8,12H,4,9-11H2,1-3H3. The van der Waals surface area contributed by atoms with Crippen molar-refractivity contribution in [2.45, 2.75) is 26.9 Å². The highest BCUT2D eigenvalue weighted by Gasteiger charge is 2.30. The van der Waals surface area contributed by atoms with Crippen LogP contribution in [-0.2, 0) is 29.7 Å². The number of aryl methyl sites for hydroxylation is 1. The van der Waals surface area contributed by atoms with E-state index in [1.807, 2.05) is 33.7 Å². The Bertz CT molecular complexity index is 1240. The van der Waals surface area contributed by atoms with Gasteiger partial charge in [0.15, 0.2) is 11.2 Å². The molecule has 0 saturated carbocycles. The Morgan fingerprint density at radius 1 is 1.23 bits per heavy atom. The molecule has 0 radical (unpaired) electrons. The smallest absolute Gasteiger partial charge is 0.333 e. The van der Waals surface area contributed by atoms with Crippen molar-refractivity contribution in [2.24, 2.45) is 13.0 Å². The monoisotopic (exact) mass is 475 g/mol. The number of ether oxygens (including phenoxy) is 1. The van der Waals surface area contributed by atoms with Crippen LogP contribution in [0.25, 0.3) is 11.2 Å². The van der Waals surface area contributed by atoms with Crippen LogP contribution in [0, 0.1) is 5.92 Å². The molecule has 4 rings (SSSR count). The first-order chi connectivity index (χ1) is 14.3. The van der Waals surface area contributed by atoms with E-state index in [0.717, 1.165) is 21.3 Å². The van der Waals surface area contributed by atoms with E-state index in [1.165, 1.54) is 4.57 Å². The molecule has 0 bridgehead atoms. The Hall–Kier alpha value is -2.88. The van der Waals surface area contributed by atoms with Gasteiger partial charge in [-0.05, 0) is 37.1 Å². The van der Waals surface area contributed by atoms with E-state index in [4.69, 9.17) is 4.74 Å². The number of nitrogens with zero attached hydrogens (tertiary/aromatic N) is 5. The molecule has 1 aliphatic rings. The minimum Gasteiger partial charge on any atom is -0.465 e. The average Bonchev–Trinajstić information content (AvgIpc) is 3.09. The third kappa shape index (κ3) is 3.34. The first-order valence-electron chi connectivity index (χ1n) is 9.70. The second-order valence-electron chi connectivity index (χ2n) is 7.42. The van der Waals surface area contributed by atoms with Crippen LogP contribution >= 0.6 is 15.9 Å². The minimum absolute atomic E-state index is 0.178. The van der Waals surface area contributed by atoms with Gasteiger partial charge in [-0.1, -0.05) is 22.9 Å². The predicted molar refractivity (Wildman–Crippen MR) is 116 cm³/mol. The van der Waals surface area contributed by atoms with Crippen LogP contribution in [0.3, 0.4) is 0 Å². The third-order valence-electron chi connectivity index (χ3n) is 5.17. The highest BCUT2D eigenvalue weighted by molar-refractivity contribution is 9.10. The van der Waals surface area contributed by atoms with Crippen LogP contribution in [0.5, 0.6) is 0 Å². The maximum atomic E-state index is 13.2. The molecule has 0 spiro atoms. The number of esters is 1. The zero-order valence-corrected chi connectivity index (χ0v) is 18.5. The molecule has 2 aromatic heterocycles. The molecule has 0 aliphatic carbocycles. The van der Waals surface area contributed by atoms with Crippen LogP contribution < -0.4 is 16.1 Å². The summed E-state index contributed by atoms with van der Waals surface area (Å²) in [4.78, 5) is 44.6. The lowest BCUT2D eigenvalue weighted by Crippen LogP contribution is -2.42. The number of hydrogen-bond acceptors (Lipinski definition) is 6. The Balaban J connectivity index is 1.93. The quantitative estimate of drug-likeness (QED) is 0.536. The van der Waals surface area contributed by atoms with Crippen LogP contribution in [-0.4, -0.2) is 37.8 Å². The number of carbonyl (C=O) groups excluding carboxylic acids is 1. The summed E-state index contributed by atoms with van der Waals surface area (Å²) >= 11 is 3.45. The van der Waals surface area contributed by atoms with Crippen molar-refractivity contribution in [1.82, 2.24) is 18.7 Å². The number of halogens is 1. The Labute approximate surface area is 180 Å². The predicted octanol–water partition coefficient (Wildman–Crippen LogP) is 2.01. The van der Waals surface area contributed by atoms with Crippen molar-refractivity contribution >= 4 is 44.7 Å². The molecule has 9 nitrogen and oxygen atoms in total. The molecule has 0 saturated heterocycles. The second-order valence-corrected chi connectivity index (χ2v) is 8.34. The van der Waals surface area contributed by atoms with Gasteiger partial charge in [0.1, 0.15) is 6.54 Å². The van der Waals surface area contributed by atoms with Gasteiger partial charge in [-0.25, -0.2) is 9.36 Å². The van der Waals surface area contributed by atoms with Gasteiger partial charge in [-0.2, -0.15) is 4.98 Å². The normalized spacial score (nSPS) is 16.0. The number of benzene rings is 1. The minimum atomic E-state index is -0.626. The van der Waals surface area contributed by atoms with E-state index in [9.17, 15) is 14.4 Å². The van der Waals surface area contributed by atoms with E-state index in [2.05, 4.69) is 27.8 Å². The SMILES string of the molecule is CCOC(=O)Cn1c(=O)c2c(nc3n2CC(C)CN3c2ccc(Br)cc2)n(C)c1=O. The molecular weight excluding hydrogens is 454 g/mol. The van der Waals surface area contributed by atoms with Gasteiger partial charge in [0.2, 0.25) is 5.95 Å². The molecule has 1 aliphatic heterocycles. The highest BCUT2D eigenvalue weighted by Crippen LogP contribution is 2.33. The van der Waals surface area contributed by atoms with Crippen molar-refractivity contribution in [2.75, 3.05) is 18.1 Å². The van der Waals surface area contributed by atoms with Gasteiger partial charge in [-0.15, -0.1) is 0 Å². The van der Waals surface area contributed by atoms with E-state index >= 15 is 0 Å². The topological polar surface area (TPSA) is 91.4 Å². The lowest BCUT2D eigenvalue weighted by Gasteiger charge is -2.33. The number of imidazole rings is 1. The van der Waals surface area contributed by atoms with Crippen molar-refractivity contribution in [3.63, 3.8) is 0 Å². The van der Waals surface area contributed by atoms with Crippen molar-refractivity contribution < 1.29 is 9.53 Å². The molecule has 3 aromatic rings. The number of anilines is 2. The van der Waals surface area contributed by atoms with Crippen LogP contribution in [0.15, 0.2) is 38.3 Å². The maximum absolute atomic E-state index is 13.2. The number of hydrogen-bond donors (Lipinski definition) is 0. The lowest BCUT2D eigenvalue weighted by molar-refractivity contribution is -0.143. The first-order valence-corrected chi connectivity index (χ1v) is 10.5. The number of aromatic nitrogens is 4. The number of fused-ring (bicyclic) bond motifs is 3. The fourth-order valence-corrected chi connectivity index (χ4v) is 4.08. The van der Waals surface area contributed by atoms with Crippen LogP contribution in [0.4, 0.5) is 11.6 Å².